The molecule has 7 heteroatoms. The van der Waals surface area contributed by atoms with Crippen LogP contribution in [-0.4, -0.2) is 20.6 Å². The minimum Gasteiger partial charge on any atom is -0.508 e. The van der Waals surface area contributed by atoms with E-state index in [0.29, 0.717) is 21.6 Å². The molecule has 0 spiro atoms. The van der Waals surface area contributed by atoms with Crippen LogP contribution >= 0.6 is 23.2 Å². The highest BCUT2D eigenvalue weighted by molar-refractivity contribution is 6.36. The zero-order valence-electron chi connectivity index (χ0n) is 20.6. The van der Waals surface area contributed by atoms with E-state index in [1.807, 2.05) is 55.6 Å². The Labute approximate surface area is 231 Å². The number of benzene rings is 4. The second-order valence-electron chi connectivity index (χ2n) is 9.02. The third-order valence-corrected chi connectivity index (χ3v) is 6.86. The Hall–Kier alpha value is -4.06. The molecule has 1 unspecified atom stereocenters. The third-order valence-electron chi connectivity index (χ3n) is 6.31. The number of aromatic hydroxyl groups is 1. The quantitative estimate of drug-likeness (QED) is 0.221. The SMILES string of the molecule is CC(NC(=O)Cn1cc(-c2ccc(Cl)cc2Cl)nc1C=Cc1ccc(O)cc1)c1cccc2ccccc12. The van der Waals surface area contributed by atoms with Crippen molar-refractivity contribution in [1.29, 1.82) is 0 Å². The summed E-state index contributed by atoms with van der Waals surface area (Å²) in [4.78, 5) is 18.0. The number of nitrogens with one attached hydrogen (secondary N) is 1. The summed E-state index contributed by atoms with van der Waals surface area (Å²) in [6.07, 6.45) is 5.52. The minimum atomic E-state index is -0.182. The summed E-state index contributed by atoms with van der Waals surface area (Å²) < 4.78 is 1.79. The van der Waals surface area contributed by atoms with E-state index in [1.165, 1.54) is 0 Å². The van der Waals surface area contributed by atoms with Gasteiger partial charge in [-0.2, -0.15) is 0 Å². The van der Waals surface area contributed by atoms with E-state index < -0.39 is 0 Å². The molecule has 0 aliphatic heterocycles. The second-order valence-corrected chi connectivity index (χ2v) is 9.86. The van der Waals surface area contributed by atoms with Crippen LogP contribution in [0.15, 0.2) is 91.1 Å². The van der Waals surface area contributed by atoms with Crippen LogP contribution in [0.4, 0.5) is 0 Å². The molecule has 5 rings (SSSR count). The lowest BCUT2D eigenvalue weighted by molar-refractivity contribution is -0.122. The van der Waals surface area contributed by atoms with Gasteiger partial charge in [-0.25, -0.2) is 4.98 Å². The predicted molar refractivity (Wildman–Crippen MR) is 155 cm³/mol. The maximum absolute atomic E-state index is 13.2. The van der Waals surface area contributed by atoms with E-state index in [0.717, 1.165) is 27.5 Å². The lowest BCUT2D eigenvalue weighted by Gasteiger charge is -2.17. The summed E-state index contributed by atoms with van der Waals surface area (Å²) >= 11 is 12.5. The summed E-state index contributed by atoms with van der Waals surface area (Å²) in [5.41, 5.74) is 3.30. The molecular weight excluding hydrogens is 517 g/mol. The summed E-state index contributed by atoms with van der Waals surface area (Å²) in [5, 5.41) is 16.0. The smallest absolute Gasteiger partial charge is 0.240 e. The molecule has 0 saturated carbocycles. The number of imidazole rings is 1. The average molecular weight is 542 g/mol. The van der Waals surface area contributed by atoms with E-state index >= 15 is 0 Å². The first-order valence-corrected chi connectivity index (χ1v) is 12.9. The highest BCUT2D eigenvalue weighted by Gasteiger charge is 2.16. The molecule has 1 heterocycles. The summed E-state index contributed by atoms with van der Waals surface area (Å²) in [7, 11) is 0. The number of phenolic OH excluding ortho intramolecular Hbond substituents is 1. The third kappa shape index (κ3) is 5.75. The van der Waals surface area contributed by atoms with Crippen LogP contribution in [0.1, 0.15) is 29.9 Å². The van der Waals surface area contributed by atoms with Crippen molar-refractivity contribution in [2.24, 2.45) is 0 Å². The molecule has 0 bridgehead atoms. The fourth-order valence-corrected chi connectivity index (χ4v) is 4.93. The number of nitrogens with zero attached hydrogens (tertiary/aromatic N) is 2. The van der Waals surface area contributed by atoms with Gasteiger partial charge >= 0.3 is 0 Å². The first-order chi connectivity index (χ1) is 18.4. The Morgan fingerprint density at radius 3 is 2.55 bits per heavy atom. The van der Waals surface area contributed by atoms with Gasteiger partial charge in [-0.3, -0.25) is 4.79 Å². The topological polar surface area (TPSA) is 67.2 Å². The van der Waals surface area contributed by atoms with Gasteiger partial charge in [0.25, 0.3) is 0 Å². The lowest BCUT2D eigenvalue weighted by atomic mass is 10.00. The Bertz CT molecular complexity index is 1640. The normalized spacial score (nSPS) is 12.2. The number of amides is 1. The van der Waals surface area contributed by atoms with Crippen molar-refractivity contribution >= 4 is 52.0 Å². The number of rotatable bonds is 7. The maximum atomic E-state index is 13.2. The van der Waals surface area contributed by atoms with Crippen molar-refractivity contribution in [2.45, 2.75) is 19.5 Å². The fourth-order valence-electron chi connectivity index (χ4n) is 4.42. The van der Waals surface area contributed by atoms with E-state index in [1.54, 1.807) is 41.0 Å². The molecule has 0 aliphatic carbocycles. The molecule has 2 N–H and O–H groups in total. The zero-order chi connectivity index (χ0) is 26.6. The van der Waals surface area contributed by atoms with Gasteiger partial charge in [0.05, 0.1) is 16.8 Å². The van der Waals surface area contributed by atoms with Crippen molar-refractivity contribution < 1.29 is 9.90 Å². The molecular formula is C31H25Cl2N3O2. The van der Waals surface area contributed by atoms with Crippen LogP contribution in [0.2, 0.25) is 10.0 Å². The summed E-state index contributed by atoms with van der Waals surface area (Å²) in [5.74, 6) is 0.642. The molecule has 38 heavy (non-hydrogen) atoms. The van der Waals surface area contributed by atoms with Crippen LogP contribution in [0.3, 0.4) is 0 Å². The molecule has 0 radical (unpaired) electrons. The molecule has 4 aromatic carbocycles. The number of halogens is 2. The Morgan fingerprint density at radius 1 is 1.00 bits per heavy atom. The van der Waals surface area contributed by atoms with Gasteiger partial charge in [0.15, 0.2) is 0 Å². The van der Waals surface area contributed by atoms with Crippen molar-refractivity contribution in [3.8, 4) is 17.0 Å². The molecule has 1 aromatic heterocycles. The number of phenols is 1. The van der Waals surface area contributed by atoms with Crippen LogP contribution in [0.5, 0.6) is 5.75 Å². The van der Waals surface area contributed by atoms with Gasteiger partial charge in [0, 0.05) is 16.8 Å². The van der Waals surface area contributed by atoms with E-state index in [2.05, 4.69) is 23.5 Å². The second kappa shape index (κ2) is 11.1. The first-order valence-electron chi connectivity index (χ1n) is 12.1. The van der Waals surface area contributed by atoms with Crippen molar-refractivity contribution in [1.82, 2.24) is 14.9 Å². The fraction of sp³-hybridized carbons (Fsp3) is 0.0968. The Balaban J connectivity index is 1.42. The maximum Gasteiger partial charge on any atom is 0.240 e. The van der Waals surface area contributed by atoms with Crippen molar-refractivity contribution in [3.63, 3.8) is 0 Å². The average Bonchev–Trinajstić information content (AvgIpc) is 3.29. The Kier molecular flexibility index (Phi) is 7.50. The van der Waals surface area contributed by atoms with Crippen molar-refractivity contribution in [2.75, 3.05) is 0 Å². The van der Waals surface area contributed by atoms with Crippen LogP contribution < -0.4 is 5.32 Å². The monoisotopic (exact) mass is 541 g/mol. The molecule has 1 atom stereocenters. The van der Waals surface area contributed by atoms with E-state index in [4.69, 9.17) is 28.2 Å². The van der Waals surface area contributed by atoms with Gasteiger partial charge in [0.1, 0.15) is 18.1 Å². The van der Waals surface area contributed by atoms with E-state index in [9.17, 15) is 9.90 Å². The number of aromatic nitrogens is 2. The van der Waals surface area contributed by atoms with Gasteiger partial charge in [-0.05, 0) is 65.2 Å². The summed E-state index contributed by atoms with van der Waals surface area (Å²) in [6.45, 7) is 2.06. The zero-order valence-corrected chi connectivity index (χ0v) is 22.1. The van der Waals surface area contributed by atoms with Gasteiger partial charge in [-0.1, -0.05) is 83.9 Å². The van der Waals surface area contributed by atoms with E-state index in [-0.39, 0.29) is 24.2 Å². The standard InChI is InChI=1S/C31H25Cl2N3O2/c1-20(25-8-4-6-22-5-2-3-7-26(22)25)34-31(38)19-36-18-29(27-15-12-23(32)17-28(27)33)35-30(36)16-11-21-9-13-24(37)14-10-21/h2-18,20,37H,19H2,1H3,(H,34,38). The van der Waals surface area contributed by atoms with Gasteiger partial charge in [-0.15, -0.1) is 0 Å². The number of carbonyl (C=O) groups is 1. The van der Waals surface area contributed by atoms with Gasteiger partial charge < -0.3 is 15.0 Å². The largest absolute Gasteiger partial charge is 0.508 e. The number of hydrogen-bond donors (Lipinski definition) is 2. The minimum absolute atomic E-state index is 0.0720. The van der Waals surface area contributed by atoms with Crippen LogP contribution in [0, 0.1) is 0 Å². The molecule has 190 valence electrons. The van der Waals surface area contributed by atoms with Crippen LogP contribution in [0.25, 0.3) is 34.2 Å². The molecule has 1 amide bonds. The first kappa shape index (κ1) is 25.6. The molecule has 0 saturated heterocycles. The van der Waals surface area contributed by atoms with Crippen LogP contribution in [-0.2, 0) is 11.3 Å². The molecule has 5 aromatic rings. The van der Waals surface area contributed by atoms with Crippen molar-refractivity contribution in [3.05, 3.63) is 118 Å². The Morgan fingerprint density at radius 2 is 1.76 bits per heavy atom. The van der Waals surface area contributed by atoms with Gasteiger partial charge in [0.2, 0.25) is 5.91 Å². The molecule has 5 nitrogen and oxygen atoms in total. The number of fused-ring (bicyclic) bond motifs is 1. The molecule has 0 fully saturated rings. The number of hydrogen-bond acceptors (Lipinski definition) is 3. The highest BCUT2D eigenvalue weighted by Crippen LogP contribution is 2.30. The lowest BCUT2D eigenvalue weighted by Crippen LogP contribution is -2.30. The highest BCUT2D eigenvalue weighted by atomic mass is 35.5. The number of carbonyl (C=O) groups excluding carboxylic acids is 1. The predicted octanol–water partition coefficient (Wildman–Crippen LogP) is 7.76. The summed E-state index contributed by atoms with van der Waals surface area (Å²) in [6, 6.07) is 26.1. The molecule has 0 aliphatic rings.